The van der Waals surface area contributed by atoms with Crippen molar-refractivity contribution in [2.75, 3.05) is 7.11 Å². The zero-order valence-corrected chi connectivity index (χ0v) is 14.2. The van der Waals surface area contributed by atoms with Crippen LogP contribution >= 0.6 is 0 Å². The van der Waals surface area contributed by atoms with Gasteiger partial charge in [0, 0.05) is 11.1 Å². The standard InChI is InChI=1S/C19H15N3O5/c1-27-16-9-15(18(23)17(10-16)22(25)26)11-20-21-19(24)14-7-6-12-4-2-3-5-13(12)8-14/h2-11,23H,1H3,(H,21,24)/b20-11-. The average Bonchev–Trinajstić information content (AvgIpc) is 2.68. The zero-order valence-electron chi connectivity index (χ0n) is 14.2. The molecular weight excluding hydrogens is 350 g/mol. The molecule has 1 amide bonds. The molecule has 27 heavy (non-hydrogen) atoms. The molecule has 8 heteroatoms. The van der Waals surface area contributed by atoms with E-state index in [4.69, 9.17) is 4.74 Å². The summed E-state index contributed by atoms with van der Waals surface area (Å²) in [5.41, 5.74) is 2.27. The number of amides is 1. The molecule has 0 radical (unpaired) electrons. The molecule has 0 unspecified atom stereocenters. The van der Waals surface area contributed by atoms with Crippen molar-refractivity contribution < 1.29 is 19.6 Å². The third-order valence-corrected chi connectivity index (χ3v) is 3.91. The lowest BCUT2D eigenvalue weighted by Crippen LogP contribution is -2.17. The van der Waals surface area contributed by atoms with Crippen LogP contribution in [0.25, 0.3) is 10.8 Å². The normalized spacial score (nSPS) is 10.9. The summed E-state index contributed by atoms with van der Waals surface area (Å²) >= 11 is 0. The fourth-order valence-corrected chi connectivity index (χ4v) is 2.53. The molecule has 2 N–H and O–H groups in total. The Morgan fingerprint density at radius 1 is 1.19 bits per heavy atom. The highest BCUT2D eigenvalue weighted by atomic mass is 16.6. The van der Waals surface area contributed by atoms with Gasteiger partial charge in [0.15, 0.2) is 0 Å². The lowest BCUT2D eigenvalue weighted by Gasteiger charge is -2.05. The number of nitrogens with zero attached hydrogens (tertiary/aromatic N) is 2. The number of ether oxygens (including phenoxy) is 1. The molecule has 3 aromatic rings. The predicted molar refractivity (Wildman–Crippen MR) is 100 cm³/mol. The second-order valence-corrected chi connectivity index (χ2v) is 5.60. The molecule has 0 aliphatic carbocycles. The number of hydrogen-bond acceptors (Lipinski definition) is 6. The molecule has 0 aliphatic rings. The number of nitrogens with one attached hydrogen (secondary N) is 1. The Balaban J connectivity index is 1.81. The topological polar surface area (TPSA) is 114 Å². The van der Waals surface area contributed by atoms with E-state index >= 15 is 0 Å². The lowest BCUT2D eigenvalue weighted by atomic mass is 10.1. The predicted octanol–water partition coefficient (Wildman–Crippen LogP) is 3.23. The third-order valence-electron chi connectivity index (χ3n) is 3.91. The summed E-state index contributed by atoms with van der Waals surface area (Å²) in [4.78, 5) is 22.5. The highest BCUT2D eigenvalue weighted by molar-refractivity contribution is 5.99. The van der Waals surface area contributed by atoms with Crippen LogP contribution in [0, 0.1) is 10.1 Å². The van der Waals surface area contributed by atoms with Gasteiger partial charge in [-0.05, 0) is 29.0 Å². The van der Waals surface area contributed by atoms with Gasteiger partial charge in [0.25, 0.3) is 5.91 Å². The van der Waals surface area contributed by atoms with E-state index in [1.807, 2.05) is 30.3 Å². The number of fused-ring (bicyclic) bond motifs is 1. The molecule has 0 saturated carbocycles. The van der Waals surface area contributed by atoms with Gasteiger partial charge in [-0.15, -0.1) is 0 Å². The lowest BCUT2D eigenvalue weighted by molar-refractivity contribution is -0.385. The van der Waals surface area contributed by atoms with Gasteiger partial charge in [0.05, 0.1) is 24.3 Å². The Bertz CT molecular complexity index is 1060. The molecule has 0 spiro atoms. The number of phenols is 1. The molecule has 3 aromatic carbocycles. The Hall–Kier alpha value is -3.94. The molecule has 3 rings (SSSR count). The van der Waals surface area contributed by atoms with Crippen LogP contribution in [0.4, 0.5) is 5.69 Å². The SMILES string of the molecule is COc1cc(/C=N\NC(=O)c2ccc3ccccc3c2)c(O)c([N+](=O)[O-])c1. The monoisotopic (exact) mass is 365 g/mol. The van der Waals surface area contributed by atoms with Gasteiger partial charge in [-0.1, -0.05) is 30.3 Å². The van der Waals surface area contributed by atoms with E-state index < -0.39 is 22.3 Å². The molecule has 8 nitrogen and oxygen atoms in total. The van der Waals surface area contributed by atoms with Crippen LogP contribution in [-0.2, 0) is 0 Å². The molecule has 0 fully saturated rings. The van der Waals surface area contributed by atoms with Crippen LogP contribution in [0.1, 0.15) is 15.9 Å². The number of nitro benzene ring substituents is 1. The number of carbonyl (C=O) groups excluding carboxylic acids is 1. The molecular formula is C19H15N3O5. The van der Waals surface area contributed by atoms with Crippen molar-refractivity contribution in [1.82, 2.24) is 5.43 Å². The van der Waals surface area contributed by atoms with Crippen LogP contribution in [0.2, 0.25) is 0 Å². The first-order chi connectivity index (χ1) is 13.0. The van der Waals surface area contributed by atoms with E-state index in [-0.39, 0.29) is 11.3 Å². The van der Waals surface area contributed by atoms with Gasteiger partial charge in [-0.25, -0.2) is 5.43 Å². The summed E-state index contributed by atoms with van der Waals surface area (Å²) in [5.74, 6) is -0.833. The van der Waals surface area contributed by atoms with Gasteiger partial charge in [-0.3, -0.25) is 14.9 Å². The van der Waals surface area contributed by atoms with Crippen LogP contribution in [0.3, 0.4) is 0 Å². The van der Waals surface area contributed by atoms with E-state index in [0.717, 1.165) is 23.1 Å². The Morgan fingerprint density at radius 3 is 2.63 bits per heavy atom. The van der Waals surface area contributed by atoms with E-state index in [1.54, 1.807) is 12.1 Å². The highest BCUT2D eigenvalue weighted by Crippen LogP contribution is 2.33. The Kier molecular flexibility index (Phi) is 4.98. The van der Waals surface area contributed by atoms with E-state index in [0.29, 0.717) is 5.56 Å². The number of hydrogen-bond donors (Lipinski definition) is 2. The smallest absolute Gasteiger partial charge is 0.315 e. The number of aromatic hydroxyl groups is 1. The van der Waals surface area contributed by atoms with Crippen LogP contribution < -0.4 is 10.2 Å². The van der Waals surface area contributed by atoms with Crippen molar-refractivity contribution in [3.05, 3.63) is 75.8 Å². The number of benzene rings is 3. The minimum atomic E-state index is -0.733. The number of rotatable bonds is 5. The number of carbonyl (C=O) groups is 1. The van der Waals surface area contributed by atoms with E-state index in [9.17, 15) is 20.0 Å². The summed E-state index contributed by atoms with van der Waals surface area (Å²) in [6, 6.07) is 15.3. The second kappa shape index (κ2) is 7.52. The number of nitro groups is 1. The zero-order chi connectivity index (χ0) is 19.4. The first-order valence-electron chi connectivity index (χ1n) is 7.87. The minimum Gasteiger partial charge on any atom is -0.502 e. The molecule has 0 bridgehead atoms. The van der Waals surface area contributed by atoms with Crippen molar-refractivity contribution in [2.45, 2.75) is 0 Å². The Morgan fingerprint density at radius 2 is 1.93 bits per heavy atom. The molecule has 0 aromatic heterocycles. The van der Waals surface area contributed by atoms with Crippen molar-refractivity contribution in [2.24, 2.45) is 5.10 Å². The first kappa shape index (κ1) is 17.9. The van der Waals surface area contributed by atoms with Crippen LogP contribution in [0.5, 0.6) is 11.5 Å². The molecule has 0 aliphatic heterocycles. The maximum atomic E-state index is 12.2. The van der Waals surface area contributed by atoms with Crippen LogP contribution in [0.15, 0.2) is 59.7 Å². The van der Waals surface area contributed by atoms with Crippen molar-refractivity contribution in [3.63, 3.8) is 0 Å². The van der Waals surface area contributed by atoms with Gasteiger partial charge < -0.3 is 9.84 Å². The summed E-state index contributed by atoms with van der Waals surface area (Å²) in [5, 5.41) is 26.7. The largest absolute Gasteiger partial charge is 0.502 e. The number of methoxy groups -OCH3 is 1. The van der Waals surface area contributed by atoms with Crippen LogP contribution in [-0.4, -0.2) is 29.3 Å². The maximum absolute atomic E-state index is 12.2. The van der Waals surface area contributed by atoms with Gasteiger partial charge >= 0.3 is 5.69 Å². The summed E-state index contributed by atoms with van der Waals surface area (Å²) in [6.45, 7) is 0. The average molecular weight is 365 g/mol. The van der Waals surface area contributed by atoms with Gasteiger partial charge in [0.1, 0.15) is 5.75 Å². The van der Waals surface area contributed by atoms with E-state index in [1.165, 1.54) is 13.2 Å². The molecule has 136 valence electrons. The molecule has 0 heterocycles. The summed E-state index contributed by atoms with van der Waals surface area (Å²) < 4.78 is 4.97. The van der Waals surface area contributed by atoms with Gasteiger partial charge in [0.2, 0.25) is 5.75 Å². The van der Waals surface area contributed by atoms with Crippen molar-refractivity contribution in [3.8, 4) is 11.5 Å². The molecule has 0 saturated heterocycles. The van der Waals surface area contributed by atoms with Crippen molar-refractivity contribution >= 4 is 28.6 Å². The maximum Gasteiger partial charge on any atom is 0.315 e. The highest BCUT2D eigenvalue weighted by Gasteiger charge is 2.18. The molecule has 0 atom stereocenters. The first-order valence-corrected chi connectivity index (χ1v) is 7.87. The summed E-state index contributed by atoms with van der Waals surface area (Å²) in [6.07, 6.45) is 1.11. The third kappa shape index (κ3) is 3.84. The fraction of sp³-hybridized carbons (Fsp3) is 0.0526. The second-order valence-electron chi connectivity index (χ2n) is 5.60. The van der Waals surface area contributed by atoms with Crippen molar-refractivity contribution in [1.29, 1.82) is 0 Å². The number of phenolic OH excluding ortho intramolecular Hbond substituents is 1. The fourth-order valence-electron chi connectivity index (χ4n) is 2.53. The minimum absolute atomic E-state index is 0.0415. The Labute approximate surface area is 153 Å². The summed E-state index contributed by atoms with van der Waals surface area (Å²) in [7, 11) is 1.35. The van der Waals surface area contributed by atoms with E-state index in [2.05, 4.69) is 10.5 Å². The number of hydrazone groups is 1. The van der Waals surface area contributed by atoms with Gasteiger partial charge in [-0.2, -0.15) is 5.10 Å². The quantitative estimate of drug-likeness (QED) is 0.409.